The van der Waals surface area contributed by atoms with Crippen LogP contribution in [0.1, 0.15) is 17.7 Å². The van der Waals surface area contributed by atoms with Crippen LogP contribution in [0.5, 0.6) is 0 Å². The monoisotopic (exact) mass is 410 g/mol. The molecule has 1 aliphatic heterocycles. The van der Waals surface area contributed by atoms with Crippen molar-refractivity contribution in [2.24, 2.45) is 5.73 Å². The average molecular weight is 411 g/mol. The summed E-state index contributed by atoms with van der Waals surface area (Å²) < 4.78 is 0. The van der Waals surface area contributed by atoms with Gasteiger partial charge < -0.3 is 16.4 Å². The zero-order valence-electron chi connectivity index (χ0n) is 15.1. The van der Waals surface area contributed by atoms with Crippen molar-refractivity contribution in [1.82, 2.24) is 5.32 Å². The van der Waals surface area contributed by atoms with Gasteiger partial charge in [-0.2, -0.15) is 5.26 Å². The molecule has 2 heterocycles. The van der Waals surface area contributed by atoms with Gasteiger partial charge in [-0.1, -0.05) is 36.0 Å². The SMILES string of the molecule is CC1=C(C(=O)Nc2ccccc2)[C@H](c2cccs2)C(C#N)=C(SCC(N)=O)N1. The highest BCUT2D eigenvalue weighted by molar-refractivity contribution is 8.03. The van der Waals surface area contributed by atoms with Gasteiger partial charge in [-0.3, -0.25) is 9.59 Å². The molecule has 6 nitrogen and oxygen atoms in total. The topological polar surface area (TPSA) is 108 Å². The number of para-hydroxylation sites is 1. The lowest BCUT2D eigenvalue weighted by Gasteiger charge is -2.29. The highest BCUT2D eigenvalue weighted by Crippen LogP contribution is 2.42. The molecule has 2 amide bonds. The quantitative estimate of drug-likeness (QED) is 0.677. The van der Waals surface area contributed by atoms with Crippen LogP contribution in [0.25, 0.3) is 0 Å². The van der Waals surface area contributed by atoms with E-state index in [2.05, 4.69) is 16.7 Å². The van der Waals surface area contributed by atoms with Crippen molar-refractivity contribution in [3.8, 4) is 6.07 Å². The molecule has 0 radical (unpaired) electrons. The zero-order valence-corrected chi connectivity index (χ0v) is 16.7. The molecular formula is C20H18N4O2S2. The summed E-state index contributed by atoms with van der Waals surface area (Å²) in [5, 5.41) is 18.3. The normalized spacial score (nSPS) is 16.4. The number of nitrogens with one attached hydrogen (secondary N) is 2. The summed E-state index contributed by atoms with van der Waals surface area (Å²) in [5.41, 5.74) is 7.45. The Labute approximate surface area is 171 Å². The van der Waals surface area contributed by atoms with Crippen LogP contribution < -0.4 is 16.4 Å². The Balaban J connectivity index is 2.01. The van der Waals surface area contributed by atoms with E-state index in [-0.39, 0.29) is 11.7 Å². The Hall–Kier alpha value is -3.02. The number of allylic oxidation sites excluding steroid dienone is 2. The lowest BCUT2D eigenvalue weighted by molar-refractivity contribution is -0.115. The van der Waals surface area contributed by atoms with Crippen LogP contribution in [-0.4, -0.2) is 17.6 Å². The predicted molar refractivity (Wildman–Crippen MR) is 112 cm³/mol. The highest BCUT2D eigenvalue weighted by Gasteiger charge is 2.35. The molecule has 1 aromatic carbocycles. The van der Waals surface area contributed by atoms with E-state index in [0.29, 0.717) is 27.6 Å². The van der Waals surface area contributed by atoms with E-state index in [1.807, 2.05) is 35.7 Å². The molecule has 0 saturated heterocycles. The molecule has 1 aliphatic rings. The van der Waals surface area contributed by atoms with Gasteiger partial charge >= 0.3 is 0 Å². The fraction of sp³-hybridized carbons (Fsp3) is 0.150. The molecule has 1 atom stereocenters. The number of benzene rings is 1. The van der Waals surface area contributed by atoms with Crippen molar-refractivity contribution < 1.29 is 9.59 Å². The Bertz CT molecular complexity index is 989. The summed E-state index contributed by atoms with van der Waals surface area (Å²) >= 11 is 2.65. The van der Waals surface area contributed by atoms with Gasteiger partial charge in [0.05, 0.1) is 28.3 Å². The largest absolute Gasteiger partial charge is 0.369 e. The minimum atomic E-state index is -0.509. The third-order valence-corrected chi connectivity index (χ3v) is 6.09. The van der Waals surface area contributed by atoms with Crippen molar-refractivity contribution in [1.29, 1.82) is 5.26 Å². The molecule has 2 aromatic rings. The van der Waals surface area contributed by atoms with E-state index in [0.717, 1.165) is 4.88 Å². The summed E-state index contributed by atoms with van der Waals surface area (Å²) in [4.78, 5) is 25.2. The molecule has 1 aromatic heterocycles. The van der Waals surface area contributed by atoms with Crippen LogP contribution in [-0.2, 0) is 9.59 Å². The number of carbonyl (C=O) groups is 2. The molecule has 0 unspecified atom stereocenters. The number of rotatable bonds is 6. The van der Waals surface area contributed by atoms with Crippen LogP contribution >= 0.6 is 23.1 Å². The Morgan fingerprint density at radius 3 is 2.64 bits per heavy atom. The maximum Gasteiger partial charge on any atom is 0.254 e. The maximum atomic E-state index is 13.1. The first-order valence-corrected chi connectivity index (χ1v) is 10.3. The van der Waals surface area contributed by atoms with Crippen molar-refractivity contribution in [2.75, 3.05) is 11.1 Å². The third-order valence-electron chi connectivity index (χ3n) is 4.11. The van der Waals surface area contributed by atoms with Crippen molar-refractivity contribution in [3.63, 3.8) is 0 Å². The number of thiophene rings is 1. The van der Waals surface area contributed by atoms with Crippen molar-refractivity contribution in [3.05, 3.63) is 74.6 Å². The van der Waals surface area contributed by atoms with Gasteiger partial charge in [0.25, 0.3) is 5.91 Å². The number of amides is 2. The Kier molecular flexibility index (Phi) is 6.19. The summed E-state index contributed by atoms with van der Waals surface area (Å²) in [6.45, 7) is 1.79. The summed E-state index contributed by atoms with van der Waals surface area (Å²) in [5.74, 6) is -1.21. The van der Waals surface area contributed by atoms with Crippen LogP contribution in [0, 0.1) is 11.3 Å². The van der Waals surface area contributed by atoms with E-state index in [1.54, 1.807) is 19.1 Å². The highest BCUT2D eigenvalue weighted by atomic mass is 32.2. The number of hydrogen-bond acceptors (Lipinski definition) is 6. The fourth-order valence-corrected chi connectivity index (χ4v) is 4.60. The molecule has 0 aliphatic carbocycles. The number of carbonyl (C=O) groups excluding carboxylic acids is 2. The first kappa shape index (κ1) is 19.7. The van der Waals surface area contributed by atoms with E-state index in [4.69, 9.17) is 5.73 Å². The molecule has 0 fully saturated rings. The average Bonchev–Trinajstić information content (AvgIpc) is 3.20. The number of thioether (sulfide) groups is 1. The minimum absolute atomic E-state index is 0.0451. The smallest absolute Gasteiger partial charge is 0.254 e. The van der Waals surface area contributed by atoms with Gasteiger partial charge in [0.15, 0.2) is 0 Å². The second-order valence-corrected chi connectivity index (χ2v) is 8.01. The first-order chi connectivity index (χ1) is 13.5. The number of hydrogen-bond donors (Lipinski definition) is 3. The number of primary amides is 1. The standard InChI is InChI=1S/C20H18N4O2S2/c1-12-17(19(26)24-13-6-3-2-4-7-13)18(15-8-5-9-27-15)14(10-21)20(23-12)28-11-16(22)25/h2-9,18,23H,11H2,1H3,(H2,22,25)(H,24,26)/t18-/m0/s1. The van der Waals surface area contributed by atoms with Gasteiger partial charge in [0.2, 0.25) is 5.91 Å². The van der Waals surface area contributed by atoms with Crippen LogP contribution in [0.3, 0.4) is 0 Å². The Morgan fingerprint density at radius 1 is 1.29 bits per heavy atom. The minimum Gasteiger partial charge on any atom is -0.369 e. The van der Waals surface area contributed by atoms with Gasteiger partial charge in [-0.25, -0.2) is 0 Å². The van der Waals surface area contributed by atoms with Gasteiger partial charge in [-0.15, -0.1) is 11.3 Å². The second kappa shape index (κ2) is 8.78. The van der Waals surface area contributed by atoms with Crippen molar-refractivity contribution >= 4 is 40.6 Å². The number of anilines is 1. The summed E-state index contributed by atoms with van der Waals surface area (Å²) in [6.07, 6.45) is 0. The maximum absolute atomic E-state index is 13.1. The first-order valence-electron chi connectivity index (χ1n) is 8.44. The van der Waals surface area contributed by atoms with Gasteiger partial charge in [0, 0.05) is 21.8 Å². The fourth-order valence-electron chi connectivity index (χ4n) is 2.93. The van der Waals surface area contributed by atoms with Crippen molar-refractivity contribution in [2.45, 2.75) is 12.8 Å². The number of dihydropyridines is 1. The molecule has 0 spiro atoms. The molecule has 142 valence electrons. The summed E-state index contributed by atoms with van der Waals surface area (Å²) in [7, 11) is 0. The summed E-state index contributed by atoms with van der Waals surface area (Å²) in [6, 6.07) is 15.2. The van der Waals surface area contributed by atoms with E-state index < -0.39 is 11.8 Å². The number of nitrogens with two attached hydrogens (primary N) is 1. The zero-order chi connectivity index (χ0) is 20.1. The van der Waals surface area contributed by atoms with Crippen LogP contribution in [0.15, 0.2) is 69.7 Å². The van der Waals surface area contributed by atoms with Crippen LogP contribution in [0.2, 0.25) is 0 Å². The number of nitriles is 1. The van der Waals surface area contributed by atoms with E-state index in [1.165, 1.54) is 23.1 Å². The predicted octanol–water partition coefficient (Wildman–Crippen LogP) is 3.30. The molecular weight excluding hydrogens is 392 g/mol. The molecule has 0 saturated carbocycles. The van der Waals surface area contributed by atoms with E-state index in [9.17, 15) is 14.9 Å². The molecule has 28 heavy (non-hydrogen) atoms. The van der Waals surface area contributed by atoms with Gasteiger partial charge in [-0.05, 0) is 30.5 Å². The van der Waals surface area contributed by atoms with E-state index >= 15 is 0 Å². The Morgan fingerprint density at radius 2 is 2.04 bits per heavy atom. The number of nitrogens with zero attached hydrogens (tertiary/aromatic N) is 1. The molecule has 3 rings (SSSR count). The molecule has 0 bridgehead atoms. The molecule has 4 N–H and O–H groups in total. The van der Waals surface area contributed by atoms with Crippen LogP contribution in [0.4, 0.5) is 5.69 Å². The second-order valence-electron chi connectivity index (χ2n) is 6.04. The molecule has 8 heteroatoms. The lowest BCUT2D eigenvalue weighted by Crippen LogP contribution is -2.30. The lowest BCUT2D eigenvalue weighted by atomic mass is 9.86. The van der Waals surface area contributed by atoms with Gasteiger partial charge in [0.1, 0.15) is 0 Å². The third kappa shape index (κ3) is 4.27.